The van der Waals surface area contributed by atoms with Gasteiger partial charge in [0.05, 0.1) is 5.88 Å². The van der Waals surface area contributed by atoms with E-state index in [2.05, 4.69) is 13.8 Å². The van der Waals surface area contributed by atoms with Crippen molar-refractivity contribution in [2.75, 3.05) is 18.7 Å². The topological polar surface area (TPSA) is 60.9 Å². The smallest absolute Gasteiger partial charge is 0.327 e. The second-order valence-electron chi connectivity index (χ2n) is 6.61. The molecule has 2 fully saturated rings. The number of amides is 2. The van der Waals surface area contributed by atoms with Crippen molar-refractivity contribution in [1.82, 2.24) is 9.80 Å². The molecule has 2 rings (SSSR count). The van der Waals surface area contributed by atoms with Crippen LogP contribution in [0.3, 0.4) is 0 Å². The van der Waals surface area contributed by atoms with Gasteiger partial charge in [-0.1, -0.05) is 13.8 Å². The molecule has 20 heavy (non-hydrogen) atoms. The van der Waals surface area contributed by atoms with E-state index in [1.54, 1.807) is 4.90 Å². The zero-order valence-corrected chi connectivity index (χ0v) is 13.3. The van der Waals surface area contributed by atoms with Crippen molar-refractivity contribution in [3.8, 4) is 0 Å². The zero-order chi connectivity index (χ0) is 14.9. The Morgan fingerprint density at radius 1 is 1.30 bits per heavy atom. The Labute approximate surface area is 124 Å². The van der Waals surface area contributed by atoms with Crippen molar-refractivity contribution in [2.45, 2.75) is 51.6 Å². The van der Waals surface area contributed by atoms with E-state index in [0.29, 0.717) is 17.0 Å². The summed E-state index contributed by atoms with van der Waals surface area (Å²) in [6.07, 6.45) is 4.25. The monoisotopic (exact) mass is 300 g/mol. The lowest BCUT2D eigenvalue weighted by Gasteiger charge is -2.40. The number of carbonyl (C=O) groups excluding carboxylic acids is 1. The number of urea groups is 1. The maximum atomic E-state index is 12.5. The van der Waals surface area contributed by atoms with E-state index in [-0.39, 0.29) is 12.1 Å². The molecule has 1 N–H and O–H groups in total. The SMILES string of the molecule is CN(C(=O)N1CSC[C@H]1C(=O)O)C1CCC(C)(C)CC1. The largest absolute Gasteiger partial charge is 0.480 e. The van der Waals surface area contributed by atoms with Gasteiger partial charge in [-0.25, -0.2) is 9.59 Å². The molecule has 0 aromatic rings. The first-order chi connectivity index (χ1) is 9.32. The molecule has 0 unspecified atom stereocenters. The molecule has 2 amide bonds. The van der Waals surface area contributed by atoms with Gasteiger partial charge in [-0.2, -0.15) is 0 Å². The molecular weight excluding hydrogens is 276 g/mol. The maximum absolute atomic E-state index is 12.5. The van der Waals surface area contributed by atoms with E-state index >= 15 is 0 Å². The molecule has 1 aliphatic heterocycles. The minimum atomic E-state index is -0.901. The second kappa shape index (κ2) is 5.84. The molecule has 114 valence electrons. The third-order valence-corrected chi connectivity index (χ3v) is 5.58. The lowest BCUT2D eigenvalue weighted by molar-refractivity contribution is -0.141. The first-order valence-corrected chi connectivity index (χ1v) is 8.31. The normalized spacial score (nSPS) is 26.6. The van der Waals surface area contributed by atoms with Gasteiger partial charge >= 0.3 is 12.0 Å². The average molecular weight is 300 g/mol. The Balaban J connectivity index is 1.97. The summed E-state index contributed by atoms with van der Waals surface area (Å²) in [7, 11) is 1.81. The van der Waals surface area contributed by atoms with Crippen LogP contribution in [0.4, 0.5) is 4.79 Å². The molecule has 1 atom stereocenters. The van der Waals surface area contributed by atoms with E-state index in [4.69, 9.17) is 5.11 Å². The fraction of sp³-hybridized carbons (Fsp3) is 0.857. The molecule has 1 saturated heterocycles. The molecule has 0 bridgehead atoms. The molecule has 1 aliphatic carbocycles. The molecule has 0 aromatic heterocycles. The highest BCUT2D eigenvalue weighted by molar-refractivity contribution is 7.99. The number of carboxylic acids is 1. The van der Waals surface area contributed by atoms with Crippen molar-refractivity contribution in [1.29, 1.82) is 0 Å². The van der Waals surface area contributed by atoms with Gasteiger partial charge in [0.1, 0.15) is 6.04 Å². The number of rotatable bonds is 2. The second-order valence-corrected chi connectivity index (χ2v) is 7.61. The third kappa shape index (κ3) is 3.22. The number of hydrogen-bond acceptors (Lipinski definition) is 3. The van der Waals surface area contributed by atoms with Crippen molar-refractivity contribution in [3.05, 3.63) is 0 Å². The van der Waals surface area contributed by atoms with Crippen molar-refractivity contribution < 1.29 is 14.7 Å². The number of carboxylic acid groups (broad SMARTS) is 1. The van der Waals surface area contributed by atoms with Gasteiger partial charge in [0.15, 0.2) is 0 Å². The third-order valence-electron chi connectivity index (χ3n) is 4.57. The highest BCUT2D eigenvalue weighted by Gasteiger charge is 2.38. The van der Waals surface area contributed by atoms with Crippen LogP contribution in [-0.4, -0.2) is 57.7 Å². The summed E-state index contributed by atoms with van der Waals surface area (Å²) in [6, 6.07) is -0.558. The molecule has 0 radical (unpaired) electrons. The van der Waals surface area contributed by atoms with Crippen LogP contribution in [0.2, 0.25) is 0 Å². The minimum Gasteiger partial charge on any atom is -0.480 e. The van der Waals surface area contributed by atoms with Crippen molar-refractivity contribution in [2.24, 2.45) is 5.41 Å². The van der Waals surface area contributed by atoms with Gasteiger partial charge in [0.2, 0.25) is 0 Å². The molecule has 2 aliphatic rings. The summed E-state index contributed by atoms with van der Waals surface area (Å²) in [5.74, 6) is 0.0758. The lowest BCUT2D eigenvalue weighted by atomic mass is 9.75. The summed E-state index contributed by atoms with van der Waals surface area (Å²) in [5, 5.41) is 9.17. The molecule has 1 saturated carbocycles. The molecule has 6 heteroatoms. The molecular formula is C14H24N2O3S. The quantitative estimate of drug-likeness (QED) is 0.851. The van der Waals surface area contributed by atoms with E-state index < -0.39 is 12.0 Å². The Hall–Kier alpha value is -0.910. The average Bonchev–Trinajstić information content (AvgIpc) is 2.86. The van der Waals surface area contributed by atoms with Gasteiger partial charge in [0, 0.05) is 18.8 Å². The van der Waals surface area contributed by atoms with Crippen LogP contribution in [-0.2, 0) is 4.79 Å². The Bertz CT molecular complexity index is 390. The highest BCUT2D eigenvalue weighted by atomic mass is 32.2. The van der Waals surface area contributed by atoms with Crippen LogP contribution >= 0.6 is 11.8 Å². The van der Waals surface area contributed by atoms with E-state index in [9.17, 15) is 9.59 Å². The summed E-state index contributed by atoms with van der Waals surface area (Å²) < 4.78 is 0. The highest BCUT2D eigenvalue weighted by Crippen LogP contribution is 2.37. The summed E-state index contributed by atoms with van der Waals surface area (Å²) >= 11 is 1.51. The predicted molar refractivity (Wildman–Crippen MR) is 79.8 cm³/mol. The summed E-state index contributed by atoms with van der Waals surface area (Å²) in [4.78, 5) is 26.9. The molecule has 0 aromatic carbocycles. The van der Waals surface area contributed by atoms with Crippen LogP contribution in [0.15, 0.2) is 0 Å². The minimum absolute atomic E-state index is 0.132. The lowest BCUT2D eigenvalue weighted by Crippen LogP contribution is -2.51. The Morgan fingerprint density at radius 3 is 2.45 bits per heavy atom. The van der Waals surface area contributed by atoms with E-state index in [1.807, 2.05) is 7.05 Å². The first-order valence-electron chi connectivity index (χ1n) is 7.16. The van der Waals surface area contributed by atoms with Gasteiger partial charge in [0.25, 0.3) is 0 Å². The van der Waals surface area contributed by atoms with Crippen molar-refractivity contribution >= 4 is 23.8 Å². The molecule has 0 spiro atoms. The van der Waals surface area contributed by atoms with Crippen molar-refractivity contribution in [3.63, 3.8) is 0 Å². The van der Waals surface area contributed by atoms with E-state index in [1.165, 1.54) is 16.7 Å². The van der Waals surface area contributed by atoms with Gasteiger partial charge < -0.3 is 14.9 Å². The van der Waals surface area contributed by atoms with Crippen LogP contribution in [0.1, 0.15) is 39.5 Å². The fourth-order valence-corrected chi connectivity index (χ4v) is 4.10. The summed E-state index contributed by atoms with van der Waals surface area (Å²) in [5.41, 5.74) is 0.369. The Kier molecular flexibility index (Phi) is 4.52. The van der Waals surface area contributed by atoms with Crippen LogP contribution < -0.4 is 0 Å². The molecule has 5 nitrogen and oxygen atoms in total. The standard InChI is InChI=1S/C14H24N2O3S/c1-14(2)6-4-10(5-7-14)15(3)13(19)16-9-20-8-11(16)12(17)18/h10-11H,4-9H2,1-3H3,(H,17,18)/t11-/m0/s1. The predicted octanol–water partition coefficient (Wildman–Crippen LogP) is 2.47. The number of hydrogen-bond donors (Lipinski definition) is 1. The van der Waals surface area contributed by atoms with Crippen LogP contribution in [0.25, 0.3) is 0 Å². The number of thioether (sulfide) groups is 1. The van der Waals surface area contributed by atoms with Crippen LogP contribution in [0.5, 0.6) is 0 Å². The number of carbonyl (C=O) groups is 2. The van der Waals surface area contributed by atoms with Gasteiger partial charge in [-0.3, -0.25) is 0 Å². The Morgan fingerprint density at radius 2 is 1.90 bits per heavy atom. The van der Waals surface area contributed by atoms with Crippen LogP contribution in [0, 0.1) is 5.41 Å². The summed E-state index contributed by atoms with van der Waals surface area (Å²) in [6.45, 7) is 4.53. The zero-order valence-electron chi connectivity index (χ0n) is 12.5. The fourth-order valence-electron chi connectivity index (χ4n) is 2.97. The van der Waals surface area contributed by atoms with Gasteiger partial charge in [-0.15, -0.1) is 11.8 Å². The number of nitrogens with zero attached hydrogens (tertiary/aromatic N) is 2. The number of aliphatic carboxylic acids is 1. The molecule has 1 heterocycles. The van der Waals surface area contributed by atoms with E-state index in [0.717, 1.165) is 25.7 Å². The first kappa shape index (κ1) is 15.5. The van der Waals surface area contributed by atoms with Gasteiger partial charge in [-0.05, 0) is 31.1 Å². The maximum Gasteiger partial charge on any atom is 0.327 e.